The summed E-state index contributed by atoms with van der Waals surface area (Å²) in [5, 5.41) is 3.60. The Labute approximate surface area is 188 Å². The van der Waals surface area contributed by atoms with Crippen LogP contribution in [0.4, 0.5) is 11.4 Å². The number of rotatable bonds is 6. The van der Waals surface area contributed by atoms with Gasteiger partial charge in [0.25, 0.3) is 5.91 Å². The largest absolute Gasteiger partial charge is 0.452 e. The number of aromatic nitrogens is 1. The van der Waals surface area contributed by atoms with Crippen LogP contribution in [0.3, 0.4) is 0 Å². The molecular weight excluding hydrogens is 402 g/mol. The number of nitrogens with zero attached hydrogens (tertiary/aromatic N) is 2. The monoisotopic (exact) mass is 431 g/mol. The third kappa shape index (κ3) is 4.44. The number of fused-ring (bicyclic) bond motifs is 1. The summed E-state index contributed by atoms with van der Waals surface area (Å²) in [6.45, 7) is 7.65. The zero-order valence-corrected chi connectivity index (χ0v) is 18.9. The second-order valence-corrected chi connectivity index (χ2v) is 8.25. The van der Waals surface area contributed by atoms with E-state index in [4.69, 9.17) is 4.74 Å². The van der Waals surface area contributed by atoms with Crippen molar-refractivity contribution in [1.82, 2.24) is 4.98 Å². The lowest BCUT2D eigenvalue weighted by atomic mass is 10.0. The number of hydrogen-bond donors (Lipinski definition) is 1. The van der Waals surface area contributed by atoms with E-state index in [9.17, 15) is 9.59 Å². The zero-order chi connectivity index (χ0) is 22.7. The molecule has 0 saturated carbocycles. The van der Waals surface area contributed by atoms with Gasteiger partial charge in [-0.2, -0.15) is 0 Å². The standard InChI is InChI=1S/C26H29N3O3/c1-4-21-18(3)25(20-9-5-6-10-23(20)27-21)26(31)32-16-24(30)28-22-12-11-19(15-17(22)2)29-13-7-8-14-29/h5-6,9-12,15H,4,7-8,13-14,16H2,1-3H3,(H,28,30). The number of para-hydroxylation sites is 1. The van der Waals surface area contributed by atoms with Crippen molar-refractivity contribution in [3.8, 4) is 0 Å². The second-order valence-electron chi connectivity index (χ2n) is 8.25. The molecule has 1 fully saturated rings. The highest BCUT2D eigenvalue weighted by Crippen LogP contribution is 2.26. The van der Waals surface area contributed by atoms with E-state index in [0.29, 0.717) is 12.0 Å². The first kappa shape index (κ1) is 21.8. The van der Waals surface area contributed by atoms with Gasteiger partial charge >= 0.3 is 5.97 Å². The Hall–Kier alpha value is -3.41. The van der Waals surface area contributed by atoms with Crippen molar-refractivity contribution >= 4 is 34.2 Å². The van der Waals surface area contributed by atoms with E-state index >= 15 is 0 Å². The summed E-state index contributed by atoms with van der Waals surface area (Å²) >= 11 is 0. The van der Waals surface area contributed by atoms with Gasteiger partial charge in [0.1, 0.15) is 0 Å². The number of anilines is 2. The lowest BCUT2D eigenvalue weighted by molar-refractivity contribution is -0.119. The van der Waals surface area contributed by atoms with Crippen molar-refractivity contribution in [1.29, 1.82) is 0 Å². The number of carbonyl (C=O) groups excluding carboxylic acids is 2. The van der Waals surface area contributed by atoms with Crippen LogP contribution in [-0.2, 0) is 16.0 Å². The molecule has 0 atom stereocenters. The van der Waals surface area contributed by atoms with Gasteiger partial charge < -0.3 is 15.0 Å². The van der Waals surface area contributed by atoms with Gasteiger partial charge in [0.05, 0.1) is 11.1 Å². The fourth-order valence-electron chi connectivity index (χ4n) is 4.32. The normalized spacial score (nSPS) is 13.4. The average molecular weight is 432 g/mol. The van der Waals surface area contributed by atoms with Crippen LogP contribution in [0.5, 0.6) is 0 Å². The zero-order valence-electron chi connectivity index (χ0n) is 18.9. The molecule has 0 aliphatic carbocycles. The SMILES string of the molecule is CCc1nc2ccccc2c(C(=O)OCC(=O)Nc2ccc(N3CCCC3)cc2C)c1C. The van der Waals surface area contributed by atoms with E-state index in [0.717, 1.165) is 46.5 Å². The highest BCUT2D eigenvalue weighted by molar-refractivity contribution is 6.06. The van der Waals surface area contributed by atoms with Crippen LogP contribution in [0.25, 0.3) is 10.9 Å². The molecule has 2 heterocycles. The quantitative estimate of drug-likeness (QED) is 0.567. The first-order valence-electron chi connectivity index (χ1n) is 11.2. The second kappa shape index (κ2) is 9.39. The molecule has 2 aromatic carbocycles. The van der Waals surface area contributed by atoms with Crippen LogP contribution in [0, 0.1) is 13.8 Å². The molecule has 1 aliphatic rings. The van der Waals surface area contributed by atoms with Crippen LogP contribution >= 0.6 is 0 Å². The molecular formula is C26H29N3O3. The van der Waals surface area contributed by atoms with Crippen molar-refractivity contribution in [3.05, 3.63) is 64.8 Å². The Kier molecular flexibility index (Phi) is 6.40. The number of esters is 1. The number of aryl methyl sites for hydroxylation is 2. The van der Waals surface area contributed by atoms with Crippen LogP contribution in [-0.4, -0.2) is 36.6 Å². The molecule has 3 aromatic rings. The van der Waals surface area contributed by atoms with Crippen LogP contribution in [0.2, 0.25) is 0 Å². The summed E-state index contributed by atoms with van der Waals surface area (Å²) in [6.07, 6.45) is 3.15. The number of amides is 1. The van der Waals surface area contributed by atoms with Gasteiger partial charge in [-0.05, 0) is 68.5 Å². The lowest BCUT2D eigenvalue weighted by Gasteiger charge is -2.19. The summed E-state index contributed by atoms with van der Waals surface area (Å²) in [6, 6.07) is 13.5. The molecule has 1 saturated heterocycles. The van der Waals surface area contributed by atoms with Crippen molar-refractivity contribution in [2.75, 3.05) is 29.9 Å². The summed E-state index contributed by atoms with van der Waals surface area (Å²) in [4.78, 5) is 32.4. The van der Waals surface area contributed by atoms with Crippen molar-refractivity contribution in [3.63, 3.8) is 0 Å². The number of pyridine rings is 1. The van der Waals surface area contributed by atoms with Gasteiger partial charge in [0.2, 0.25) is 0 Å². The minimum Gasteiger partial charge on any atom is -0.452 e. The van der Waals surface area contributed by atoms with Crippen LogP contribution < -0.4 is 10.2 Å². The molecule has 6 nitrogen and oxygen atoms in total. The number of carbonyl (C=O) groups is 2. The van der Waals surface area contributed by atoms with Gasteiger partial charge in [-0.15, -0.1) is 0 Å². The van der Waals surface area contributed by atoms with Gasteiger partial charge in [0, 0.05) is 35.5 Å². The number of nitrogens with one attached hydrogen (secondary N) is 1. The predicted molar refractivity (Wildman–Crippen MR) is 127 cm³/mol. The molecule has 1 amide bonds. The third-order valence-electron chi connectivity index (χ3n) is 6.07. The molecule has 166 valence electrons. The Bertz CT molecular complexity index is 1170. The van der Waals surface area contributed by atoms with E-state index in [-0.39, 0.29) is 12.5 Å². The van der Waals surface area contributed by atoms with E-state index in [1.54, 1.807) is 0 Å². The minimum absolute atomic E-state index is 0.344. The minimum atomic E-state index is -0.507. The molecule has 1 aliphatic heterocycles. The average Bonchev–Trinajstić information content (AvgIpc) is 3.33. The Morgan fingerprint density at radius 3 is 2.56 bits per heavy atom. The predicted octanol–water partition coefficient (Wildman–Crippen LogP) is 4.81. The maximum absolute atomic E-state index is 12.9. The molecule has 32 heavy (non-hydrogen) atoms. The summed E-state index contributed by atoms with van der Waals surface area (Å²) < 4.78 is 5.41. The summed E-state index contributed by atoms with van der Waals surface area (Å²) in [7, 11) is 0. The number of benzene rings is 2. The molecule has 4 rings (SSSR count). The van der Waals surface area contributed by atoms with Crippen molar-refractivity contribution in [2.45, 2.75) is 40.0 Å². The molecule has 1 N–H and O–H groups in total. The first-order chi connectivity index (χ1) is 15.5. The Morgan fingerprint density at radius 1 is 1.09 bits per heavy atom. The molecule has 0 radical (unpaired) electrons. The molecule has 0 unspecified atom stereocenters. The van der Waals surface area contributed by atoms with E-state index < -0.39 is 5.97 Å². The van der Waals surface area contributed by atoms with E-state index in [1.807, 2.05) is 57.2 Å². The highest BCUT2D eigenvalue weighted by Gasteiger charge is 2.20. The summed E-state index contributed by atoms with van der Waals surface area (Å²) in [5.74, 6) is -0.867. The molecule has 0 spiro atoms. The van der Waals surface area contributed by atoms with Gasteiger partial charge in [0.15, 0.2) is 6.61 Å². The fraction of sp³-hybridized carbons (Fsp3) is 0.346. The molecule has 0 bridgehead atoms. The maximum Gasteiger partial charge on any atom is 0.339 e. The van der Waals surface area contributed by atoms with E-state index in [1.165, 1.54) is 18.5 Å². The smallest absolute Gasteiger partial charge is 0.339 e. The van der Waals surface area contributed by atoms with Crippen LogP contribution in [0.1, 0.15) is 46.9 Å². The van der Waals surface area contributed by atoms with E-state index in [2.05, 4.69) is 21.3 Å². The molecule has 1 aromatic heterocycles. The van der Waals surface area contributed by atoms with Gasteiger partial charge in [-0.1, -0.05) is 25.1 Å². The maximum atomic E-state index is 12.9. The summed E-state index contributed by atoms with van der Waals surface area (Å²) in [5.41, 5.74) is 5.77. The number of ether oxygens (including phenoxy) is 1. The highest BCUT2D eigenvalue weighted by atomic mass is 16.5. The van der Waals surface area contributed by atoms with Crippen molar-refractivity contribution < 1.29 is 14.3 Å². The van der Waals surface area contributed by atoms with Crippen LogP contribution in [0.15, 0.2) is 42.5 Å². The third-order valence-corrected chi connectivity index (χ3v) is 6.07. The van der Waals surface area contributed by atoms with Gasteiger partial charge in [-0.3, -0.25) is 9.78 Å². The molecule has 6 heteroatoms. The Balaban J connectivity index is 1.45. The number of hydrogen-bond acceptors (Lipinski definition) is 5. The fourth-order valence-corrected chi connectivity index (χ4v) is 4.32. The van der Waals surface area contributed by atoms with Crippen molar-refractivity contribution in [2.24, 2.45) is 0 Å². The topological polar surface area (TPSA) is 71.5 Å². The first-order valence-corrected chi connectivity index (χ1v) is 11.2. The lowest BCUT2D eigenvalue weighted by Crippen LogP contribution is -2.22. The van der Waals surface area contributed by atoms with Gasteiger partial charge in [-0.25, -0.2) is 4.79 Å². The Morgan fingerprint density at radius 2 is 1.84 bits per heavy atom.